The molecule has 1 aromatic rings. The largest absolute Gasteiger partial charge is 0.519 e. The number of imide groups is 1. The maximum Gasteiger partial charge on any atom is 0.272 e. The molecule has 2 amide bonds. The zero-order chi connectivity index (χ0) is 18.3. The van der Waals surface area contributed by atoms with Gasteiger partial charge in [-0.1, -0.05) is 12.1 Å². The summed E-state index contributed by atoms with van der Waals surface area (Å²) < 4.78 is 12.1. The fourth-order valence-corrected chi connectivity index (χ4v) is 3.88. The minimum atomic E-state index is -1.97. The number of nitrogens with zero attached hydrogens (tertiary/aromatic N) is 1. The average molecular weight is 364 g/mol. The fraction of sp³-hybridized carbons (Fsp3) is 0.412. The SMILES string of the molecule is CC(=C(O[Si](C)(C)C)O[Si](C)(C)C)N1C(=O)c2ccccc2C1=O. The van der Waals surface area contributed by atoms with Gasteiger partial charge in [0.2, 0.25) is 16.6 Å². The quantitative estimate of drug-likeness (QED) is 0.447. The molecule has 0 bridgehead atoms. The van der Waals surface area contributed by atoms with E-state index in [0.717, 1.165) is 0 Å². The number of carbonyl (C=O) groups is 2. The first-order valence-corrected chi connectivity index (χ1v) is 14.8. The molecule has 0 saturated carbocycles. The lowest BCUT2D eigenvalue weighted by molar-refractivity contribution is 0.0679. The van der Waals surface area contributed by atoms with Gasteiger partial charge in [-0.2, -0.15) is 0 Å². The summed E-state index contributed by atoms with van der Waals surface area (Å²) in [5, 5.41) is 0. The number of carbonyl (C=O) groups excluding carboxylic acids is 2. The summed E-state index contributed by atoms with van der Waals surface area (Å²) >= 11 is 0. The molecule has 1 aliphatic rings. The van der Waals surface area contributed by atoms with Gasteiger partial charge < -0.3 is 8.85 Å². The molecule has 0 radical (unpaired) electrons. The molecule has 0 N–H and O–H groups in total. The van der Waals surface area contributed by atoms with Crippen LogP contribution >= 0.6 is 0 Å². The minimum absolute atomic E-state index is 0.308. The smallest absolute Gasteiger partial charge is 0.272 e. The van der Waals surface area contributed by atoms with Crippen LogP contribution in [0, 0.1) is 0 Å². The molecule has 0 atom stereocenters. The van der Waals surface area contributed by atoms with Gasteiger partial charge >= 0.3 is 0 Å². The molecule has 7 heteroatoms. The zero-order valence-electron chi connectivity index (χ0n) is 15.4. The molecular weight excluding hydrogens is 338 g/mol. The van der Waals surface area contributed by atoms with Crippen LogP contribution in [0.15, 0.2) is 35.9 Å². The Morgan fingerprint density at radius 2 is 1.21 bits per heavy atom. The van der Waals surface area contributed by atoms with Crippen molar-refractivity contribution in [2.24, 2.45) is 0 Å². The van der Waals surface area contributed by atoms with Gasteiger partial charge in [0.1, 0.15) is 5.70 Å². The van der Waals surface area contributed by atoms with Crippen molar-refractivity contribution in [3.8, 4) is 0 Å². The van der Waals surface area contributed by atoms with E-state index in [1.165, 1.54) is 4.90 Å². The van der Waals surface area contributed by atoms with E-state index in [1.807, 2.05) is 39.3 Å². The first-order valence-electron chi connectivity index (χ1n) is 7.97. The third-order valence-corrected chi connectivity index (χ3v) is 4.82. The Morgan fingerprint density at radius 3 is 1.54 bits per heavy atom. The van der Waals surface area contributed by atoms with Crippen LogP contribution in [-0.2, 0) is 8.85 Å². The number of fused-ring (bicyclic) bond motifs is 1. The molecule has 0 aliphatic carbocycles. The van der Waals surface area contributed by atoms with Gasteiger partial charge in [-0.3, -0.25) is 9.59 Å². The summed E-state index contributed by atoms with van der Waals surface area (Å²) in [5.74, 6) is -0.351. The molecule has 0 unspecified atom stereocenters. The number of rotatable bonds is 5. The Morgan fingerprint density at radius 1 is 0.833 bits per heavy atom. The predicted molar refractivity (Wildman–Crippen MR) is 98.5 cm³/mol. The van der Waals surface area contributed by atoms with E-state index >= 15 is 0 Å². The molecule has 0 fully saturated rings. The summed E-state index contributed by atoms with van der Waals surface area (Å²) in [6, 6.07) is 6.84. The van der Waals surface area contributed by atoms with E-state index in [4.69, 9.17) is 8.85 Å². The van der Waals surface area contributed by atoms with Crippen molar-refractivity contribution in [3.63, 3.8) is 0 Å². The maximum absolute atomic E-state index is 12.7. The second-order valence-electron chi connectivity index (χ2n) is 7.79. The van der Waals surface area contributed by atoms with E-state index in [-0.39, 0.29) is 11.8 Å². The normalized spacial score (nSPS) is 14.5. The van der Waals surface area contributed by atoms with Crippen molar-refractivity contribution < 1.29 is 18.4 Å². The van der Waals surface area contributed by atoms with E-state index in [0.29, 0.717) is 22.8 Å². The highest BCUT2D eigenvalue weighted by Crippen LogP contribution is 2.29. The molecule has 1 aliphatic heterocycles. The summed E-state index contributed by atoms with van der Waals surface area (Å²) in [5.41, 5.74) is 1.26. The van der Waals surface area contributed by atoms with E-state index in [9.17, 15) is 9.59 Å². The lowest BCUT2D eigenvalue weighted by Crippen LogP contribution is -2.36. The van der Waals surface area contributed by atoms with Crippen LogP contribution in [-0.4, -0.2) is 33.3 Å². The van der Waals surface area contributed by atoms with Crippen LogP contribution < -0.4 is 0 Å². The average Bonchev–Trinajstić information content (AvgIpc) is 2.67. The van der Waals surface area contributed by atoms with Crippen molar-refractivity contribution in [3.05, 3.63) is 47.0 Å². The van der Waals surface area contributed by atoms with E-state index in [1.54, 1.807) is 31.2 Å². The molecule has 2 rings (SSSR count). The predicted octanol–water partition coefficient (Wildman–Crippen LogP) is 4.17. The van der Waals surface area contributed by atoms with Crippen molar-refractivity contribution in [2.45, 2.75) is 46.2 Å². The van der Waals surface area contributed by atoms with E-state index < -0.39 is 16.6 Å². The Bertz CT molecular complexity index is 661. The monoisotopic (exact) mass is 363 g/mol. The van der Waals surface area contributed by atoms with Crippen LogP contribution in [0.5, 0.6) is 0 Å². The Hall–Kier alpha value is -1.87. The molecule has 1 aromatic carbocycles. The highest BCUT2D eigenvalue weighted by atomic mass is 28.4. The number of allylic oxidation sites excluding steroid dienone is 1. The molecule has 0 saturated heterocycles. The highest BCUT2D eigenvalue weighted by molar-refractivity contribution is 6.71. The van der Waals surface area contributed by atoms with Gasteiger partial charge in [0, 0.05) is 0 Å². The summed E-state index contributed by atoms with van der Waals surface area (Å²) in [6.07, 6.45) is 0. The van der Waals surface area contributed by atoms with Crippen LogP contribution in [0.1, 0.15) is 27.6 Å². The number of hydrogen-bond donors (Lipinski definition) is 0. The lowest BCUT2D eigenvalue weighted by atomic mass is 10.1. The molecule has 0 spiro atoms. The second-order valence-corrected chi connectivity index (χ2v) is 16.7. The molecular formula is C17H25NO4Si2. The van der Waals surface area contributed by atoms with Gasteiger partial charge in [-0.05, 0) is 58.3 Å². The third kappa shape index (κ3) is 3.96. The standard InChI is InChI=1S/C17H25NO4Si2/c1-12(17(21-23(2,3)4)22-24(5,6)7)18-15(19)13-10-8-9-11-14(13)16(18)20/h8-11H,1-7H3. The lowest BCUT2D eigenvalue weighted by Gasteiger charge is -2.30. The van der Waals surface area contributed by atoms with Crippen molar-refractivity contribution in [2.75, 3.05) is 0 Å². The van der Waals surface area contributed by atoms with Crippen LogP contribution in [0.3, 0.4) is 0 Å². The highest BCUT2D eigenvalue weighted by Gasteiger charge is 2.39. The third-order valence-electron chi connectivity index (χ3n) is 3.22. The summed E-state index contributed by atoms with van der Waals surface area (Å²) in [6.45, 7) is 13.9. The second kappa shape index (κ2) is 6.21. The first-order chi connectivity index (χ1) is 10.9. The molecule has 0 aromatic heterocycles. The number of amides is 2. The summed E-state index contributed by atoms with van der Waals surface area (Å²) in [4.78, 5) is 26.5. The maximum atomic E-state index is 12.7. The Labute approximate surface area is 145 Å². The van der Waals surface area contributed by atoms with Crippen LogP contribution in [0.4, 0.5) is 0 Å². The van der Waals surface area contributed by atoms with Crippen LogP contribution in [0.25, 0.3) is 0 Å². The van der Waals surface area contributed by atoms with Crippen molar-refractivity contribution in [1.82, 2.24) is 4.90 Å². The topological polar surface area (TPSA) is 55.8 Å². The molecule has 5 nitrogen and oxygen atoms in total. The van der Waals surface area contributed by atoms with Crippen molar-refractivity contribution in [1.29, 1.82) is 0 Å². The van der Waals surface area contributed by atoms with Gasteiger partial charge in [0.25, 0.3) is 17.8 Å². The molecule has 130 valence electrons. The number of benzene rings is 1. The molecule has 1 heterocycles. The fourth-order valence-electron chi connectivity index (χ4n) is 2.31. The number of hydrogen-bond acceptors (Lipinski definition) is 4. The van der Waals surface area contributed by atoms with Gasteiger partial charge in [-0.15, -0.1) is 0 Å². The van der Waals surface area contributed by atoms with Gasteiger partial charge in [0.05, 0.1) is 11.1 Å². The van der Waals surface area contributed by atoms with Crippen molar-refractivity contribution >= 4 is 28.4 Å². The zero-order valence-corrected chi connectivity index (χ0v) is 17.4. The molecule has 24 heavy (non-hydrogen) atoms. The Kier molecular flexibility index (Phi) is 4.78. The summed E-state index contributed by atoms with van der Waals surface area (Å²) in [7, 11) is -3.94. The van der Waals surface area contributed by atoms with E-state index in [2.05, 4.69) is 0 Å². The van der Waals surface area contributed by atoms with Crippen LogP contribution in [0.2, 0.25) is 39.3 Å². The minimum Gasteiger partial charge on any atom is -0.519 e. The first kappa shape index (κ1) is 18.5. The van der Waals surface area contributed by atoms with Gasteiger partial charge in [-0.25, -0.2) is 4.90 Å². The van der Waals surface area contributed by atoms with Gasteiger partial charge in [0.15, 0.2) is 0 Å². The Balaban J connectivity index is 2.48.